The molecule has 0 aromatic carbocycles. The maximum Gasteiger partial charge on any atom is 0.317 e. The molecule has 2 unspecified atom stereocenters. The Morgan fingerprint density at radius 3 is 2.56 bits per heavy atom. The lowest BCUT2D eigenvalue weighted by molar-refractivity contribution is -0.142. The van der Waals surface area contributed by atoms with Crippen LogP contribution in [0.2, 0.25) is 0 Å². The molecule has 0 saturated carbocycles. The van der Waals surface area contributed by atoms with Crippen molar-refractivity contribution < 1.29 is 19.4 Å². The minimum absolute atomic E-state index is 0.0746. The van der Waals surface area contributed by atoms with Crippen molar-refractivity contribution in [3.8, 4) is 0 Å². The van der Waals surface area contributed by atoms with Gasteiger partial charge in [0.2, 0.25) is 0 Å². The van der Waals surface area contributed by atoms with Gasteiger partial charge in [0, 0.05) is 13.1 Å². The van der Waals surface area contributed by atoms with E-state index in [-0.39, 0.29) is 25.3 Å². The minimum atomic E-state index is -0.935. The summed E-state index contributed by atoms with van der Waals surface area (Å²) in [5.41, 5.74) is 0. The molecule has 1 rings (SSSR count). The highest BCUT2D eigenvalue weighted by atomic mass is 16.5. The summed E-state index contributed by atoms with van der Waals surface area (Å²) in [5.74, 6) is -1.58. The summed E-state index contributed by atoms with van der Waals surface area (Å²) in [6.45, 7) is 4.19. The van der Waals surface area contributed by atoms with Crippen molar-refractivity contribution in [3.63, 3.8) is 0 Å². The molecule has 1 aliphatic heterocycles. The first-order chi connectivity index (χ1) is 7.43. The number of carbonyl (C=O) groups is 2. The van der Waals surface area contributed by atoms with Gasteiger partial charge in [0.1, 0.15) is 5.92 Å². The average molecular weight is 230 g/mol. The molecular formula is C10H18N2O4. The van der Waals surface area contributed by atoms with Crippen molar-refractivity contribution in [3.05, 3.63) is 0 Å². The summed E-state index contributed by atoms with van der Waals surface area (Å²) >= 11 is 0. The molecule has 1 fully saturated rings. The number of rotatable bonds is 3. The molecule has 0 bridgehead atoms. The number of carboxylic acids is 1. The molecule has 0 aliphatic carbocycles. The van der Waals surface area contributed by atoms with Gasteiger partial charge in [-0.1, -0.05) is 0 Å². The molecule has 0 spiro atoms. The number of nitrogens with one attached hydrogen (secondary N) is 1. The SMILES string of the molecule is CC(C)N(C)C(=O)NC1COCC1C(=O)O. The molecule has 2 N–H and O–H groups in total. The van der Waals surface area contributed by atoms with Gasteiger partial charge in [-0.15, -0.1) is 0 Å². The fourth-order valence-electron chi connectivity index (χ4n) is 1.43. The molecule has 0 aromatic heterocycles. The Balaban J connectivity index is 2.53. The summed E-state index contributed by atoms with van der Waals surface area (Å²) in [5, 5.41) is 11.6. The van der Waals surface area contributed by atoms with Gasteiger partial charge in [-0.25, -0.2) is 4.79 Å². The van der Waals surface area contributed by atoms with Gasteiger partial charge >= 0.3 is 12.0 Å². The number of ether oxygens (including phenoxy) is 1. The summed E-state index contributed by atoms with van der Waals surface area (Å²) in [6, 6.07) is -0.631. The Bertz CT molecular complexity index is 280. The molecule has 0 radical (unpaired) electrons. The minimum Gasteiger partial charge on any atom is -0.481 e. The average Bonchev–Trinajstić information content (AvgIpc) is 2.64. The van der Waals surface area contributed by atoms with Crippen LogP contribution in [0, 0.1) is 5.92 Å². The zero-order valence-electron chi connectivity index (χ0n) is 9.77. The van der Waals surface area contributed by atoms with E-state index in [0.29, 0.717) is 0 Å². The molecular weight excluding hydrogens is 212 g/mol. The number of carbonyl (C=O) groups excluding carboxylic acids is 1. The fraction of sp³-hybridized carbons (Fsp3) is 0.800. The molecule has 92 valence electrons. The number of urea groups is 1. The van der Waals surface area contributed by atoms with Gasteiger partial charge in [0.25, 0.3) is 0 Å². The van der Waals surface area contributed by atoms with Crippen LogP contribution in [-0.2, 0) is 9.53 Å². The van der Waals surface area contributed by atoms with Crippen LogP contribution in [0.1, 0.15) is 13.8 Å². The second-order valence-corrected chi connectivity index (χ2v) is 4.24. The van der Waals surface area contributed by atoms with E-state index in [1.54, 1.807) is 7.05 Å². The highest BCUT2D eigenvalue weighted by molar-refractivity contribution is 5.77. The number of amides is 2. The molecule has 1 heterocycles. The highest BCUT2D eigenvalue weighted by Crippen LogP contribution is 2.14. The highest BCUT2D eigenvalue weighted by Gasteiger charge is 2.35. The third-order valence-corrected chi connectivity index (χ3v) is 2.80. The van der Waals surface area contributed by atoms with Crippen LogP contribution >= 0.6 is 0 Å². The van der Waals surface area contributed by atoms with Crippen LogP contribution in [0.3, 0.4) is 0 Å². The van der Waals surface area contributed by atoms with Crippen LogP contribution in [0.25, 0.3) is 0 Å². The van der Waals surface area contributed by atoms with Crippen LogP contribution in [0.4, 0.5) is 4.79 Å². The molecule has 1 aliphatic rings. The molecule has 16 heavy (non-hydrogen) atoms. The summed E-state index contributed by atoms with van der Waals surface area (Å²) in [4.78, 5) is 24.1. The number of carboxylic acid groups (broad SMARTS) is 1. The van der Waals surface area contributed by atoms with Crippen molar-refractivity contribution in [2.24, 2.45) is 5.92 Å². The number of aliphatic carboxylic acids is 1. The topological polar surface area (TPSA) is 78.9 Å². The van der Waals surface area contributed by atoms with Gasteiger partial charge < -0.3 is 20.1 Å². The molecule has 6 nitrogen and oxygen atoms in total. The second kappa shape index (κ2) is 5.16. The van der Waals surface area contributed by atoms with E-state index in [0.717, 1.165) is 0 Å². The van der Waals surface area contributed by atoms with Crippen LogP contribution < -0.4 is 5.32 Å². The van der Waals surface area contributed by atoms with Crippen molar-refractivity contribution in [1.82, 2.24) is 10.2 Å². The van der Waals surface area contributed by atoms with Crippen molar-refractivity contribution >= 4 is 12.0 Å². The maximum atomic E-state index is 11.7. The zero-order valence-corrected chi connectivity index (χ0v) is 9.77. The summed E-state index contributed by atoms with van der Waals surface area (Å²) in [7, 11) is 1.67. The predicted octanol–water partition coefficient (Wildman–Crippen LogP) is 0.136. The second-order valence-electron chi connectivity index (χ2n) is 4.24. The van der Waals surface area contributed by atoms with E-state index in [4.69, 9.17) is 9.84 Å². The van der Waals surface area contributed by atoms with E-state index >= 15 is 0 Å². The van der Waals surface area contributed by atoms with Crippen LogP contribution in [-0.4, -0.2) is 54.4 Å². The normalized spacial score (nSPS) is 24.5. The first kappa shape index (κ1) is 12.8. The molecule has 2 atom stereocenters. The van der Waals surface area contributed by atoms with E-state index in [9.17, 15) is 9.59 Å². The van der Waals surface area contributed by atoms with Crippen molar-refractivity contribution in [2.75, 3.05) is 20.3 Å². The van der Waals surface area contributed by atoms with Gasteiger partial charge in [0.15, 0.2) is 0 Å². The molecule has 0 aromatic rings. The van der Waals surface area contributed by atoms with E-state index in [2.05, 4.69) is 5.32 Å². The van der Waals surface area contributed by atoms with E-state index in [1.165, 1.54) is 4.90 Å². The third-order valence-electron chi connectivity index (χ3n) is 2.80. The van der Waals surface area contributed by atoms with Gasteiger partial charge in [0.05, 0.1) is 19.3 Å². The van der Waals surface area contributed by atoms with Crippen molar-refractivity contribution in [2.45, 2.75) is 25.9 Å². The molecule has 6 heteroatoms. The first-order valence-electron chi connectivity index (χ1n) is 5.27. The summed E-state index contributed by atoms with van der Waals surface area (Å²) in [6.07, 6.45) is 0. The zero-order chi connectivity index (χ0) is 12.3. The lowest BCUT2D eigenvalue weighted by Gasteiger charge is -2.25. The largest absolute Gasteiger partial charge is 0.481 e. The van der Waals surface area contributed by atoms with E-state index < -0.39 is 17.9 Å². The molecule has 1 saturated heterocycles. The quantitative estimate of drug-likeness (QED) is 0.722. The fourth-order valence-corrected chi connectivity index (χ4v) is 1.43. The maximum absolute atomic E-state index is 11.7. The molecule has 2 amide bonds. The lowest BCUT2D eigenvalue weighted by Crippen LogP contribution is -2.49. The number of nitrogens with zero attached hydrogens (tertiary/aromatic N) is 1. The van der Waals surface area contributed by atoms with Gasteiger partial charge in [-0.3, -0.25) is 4.79 Å². The Labute approximate surface area is 94.6 Å². The smallest absolute Gasteiger partial charge is 0.317 e. The Hall–Kier alpha value is -1.30. The number of hydrogen-bond acceptors (Lipinski definition) is 3. The Morgan fingerprint density at radius 2 is 2.06 bits per heavy atom. The number of hydrogen-bond donors (Lipinski definition) is 2. The summed E-state index contributed by atoms with van der Waals surface area (Å²) < 4.78 is 5.06. The predicted molar refractivity (Wildman–Crippen MR) is 57.2 cm³/mol. The Kier molecular flexibility index (Phi) is 4.12. The van der Waals surface area contributed by atoms with Gasteiger partial charge in [-0.05, 0) is 13.8 Å². The first-order valence-corrected chi connectivity index (χ1v) is 5.27. The van der Waals surface area contributed by atoms with Crippen LogP contribution in [0.15, 0.2) is 0 Å². The van der Waals surface area contributed by atoms with Crippen LogP contribution in [0.5, 0.6) is 0 Å². The lowest BCUT2D eigenvalue weighted by atomic mass is 10.0. The standard InChI is InChI=1S/C10H18N2O4/c1-6(2)12(3)10(15)11-8-5-16-4-7(8)9(13)14/h6-8H,4-5H2,1-3H3,(H,11,15)(H,13,14). The van der Waals surface area contributed by atoms with Crippen molar-refractivity contribution in [1.29, 1.82) is 0 Å². The third kappa shape index (κ3) is 2.85. The van der Waals surface area contributed by atoms with Gasteiger partial charge in [-0.2, -0.15) is 0 Å². The monoisotopic (exact) mass is 230 g/mol. The van der Waals surface area contributed by atoms with E-state index in [1.807, 2.05) is 13.8 Å². The Morgan fingerprint density at radius 1 is 1.44 bits per heavy atom.